The van der Waals surface area contributed by atoms with Crippen LogP contribution in [0.1, 0.15) is 39.3 Å². The summed E-state index contributed by atoms with van der Waals surface area (Å²) in [5, 5.41) is 0. The van der Waals surface area contributed by atoms with Crippen molar-refractivity contribution in [3.8, 4) is 0 Å². The van der Waals surface area contributed by atoms with Crippen LogP contribution in [-0.2, 0) is 10.2 Å². The average Bonchev–Trinajstić information content (AvgIpc) is 3.27. The maximum absolute atomic E-state index is 6.80. The fourth-order valence-electron chi connectivity index (χ4n) is 5.78. The Labute approximate surface area is 182 Å². The van der Waals surface area contributed by atoms with Gasteiger partial charge in [-0.3, -0.25) is 0 Å². The molecule has 0 fully saturated rings. The first-order chi connectivity index (χ1) is 15.4. The lowest BCUT2D eigenvalue weighted by Crippen LogP contribution is -2.39. The van der Waals surface area contributed by atoms with Gasteiger partial charge >= 0.3 is 0 Å². The third-order valence-electron chi connectivity index (χ3n) is 6.99. The van der Waals surface area contributed by atoms with Gasteiger partial charge in [-0.1, -0.05) is 109 Å². The maximum atomic E-state index is 6.80. The highest BCUT2D eigenvalue weighted by Crippen LogP contribution is 2.65. The Balaban J connectivity index is 1.62. The van der Waals surface area contributed by atoms with Gasteiger partial charge in [-0.05, 0) is 33.9 Å². The summed E-state index contributed by atoms with van der Waals surface area (Å²) in [6, 6.07) is 39.0. The molecule has 1 aliphatic heterocycles. The molecular weight excluding hydrogens is 376 g/mol. The van der Waals surface area contributed by atoms with Crippen LogP contribution in [0.4, 0.5) is 0 Å². The molecule has 4 aromatic carbocycles. The predicted octanol–water partition coefficient (Wildman–Crippen LogP) is 6.91. The van der Waals surface area contributed by atoms with Gasteiger partial charge in [-0.15, -0.1) is 0 Å². The molecule has 1 heteroatoms. The summed E-state index contributed by atoms with van der Waals surface area (Å²) in [4.78, 5) is 0. The molecule has 146 valence electrons. The van der Waals surface area contributed by atoms with E-state index in [0.717, 1.165) is 17.1 Å². The highest BCUT2D eigenvalue weighted by Gasteiger charge is 2.56. The van der Waals surface area contributed by atoms with Gasteiger partial charge in [0.1, 0.15) is 16.9 Å². The van der Waals surface area contributed by atoms with Crippen molar-refractivity contribution in [1.29, 1.82) is 0 Å². The van der Waals surface area contributed by atoms with E-state index in [2.05, 4.69) is 115 Å². The van der Waals surface area contributed by atoms with Gasteiger partial charge < -0.3 is 4.74 Å². The Morgan fingerprint density at radius 2 is 1.06 bits per heavy atom. The number of benzene rings is 4. The highest BCUT2D eigenvalue weighted by atomic mass is 16.5. The largest absolute Gasteiger partial charge is 0.459 e. The average molecular weight is 396 g/mol. The van der Waals surface area contributed by atoms with Crippen molar-refractivity contribution < 1.29 is 4.74 Å². The minimum absolute atomic E-state index is 0.176. The second-order valence-corrected chi connectivity index (χ2v) is 8.50. The first kappa shape index (κ1) is 16.9. The molecule has 4 aromatic rings. The molecular formula is C30H20O. The summed E-state index contributed by atoms with van der Waals surface area (Å²) >= 11 is 0. The Hall–Kier alpha value is -3.84. The first-order valence-corrected chi connectivity index (χ1v) is 10.8. The molecule has 31 heavy (non-hydrogen) atoms. The van der Waals surface area contributed by atoms with Crippen LogP contribution in [-0.4, -0.2) is 0 Å². The molecule has 1 spiro atoms. The molecule has 0 unspecified atom stereocenters. The fraction of sp³-hybridized carbons (Fsp3) is 0.0667. The molecule has 0 amide bonds. The molecule has 0 saturated heterocycles. The van der Waals surface area contributed by atoms with Crippen molar-refractivity contribution in [3.63, 3.8) is 0 Å². The van der Waals surface area contributed by atoms with E-state index in [1.165, 1.54) is 33.4 Å². The molecule has 0 saturated carbocycles. The maximum Gasteiger partial charge on any atom is 0.131 e. The second-order valence-electron chi connectivity index (χ2n) is 8.50. The van der Waals surface area contributed by atoms with Gasteiger partial charge in [0.15, 0.2) is 0 Å². The SMILES string of the molecule is C1=C(c2ccccc2)OC2=C(c3ccccc3)C3c4ccccc4C12c1ccccc13. The Morgan fingerprint density at radius 3 is 1.68 bits per heavy atom. The lowest BCUT2D eigenvalue weighted by atomic mass is 9.55. The monoisotopic (exact) mass is 396 g/mol. The number of allylic oxidation sites excluding steroid dienone is 2. The molecule has 0 aromatic heterocycles. The molecule has 0 N–H and O–H groups in total. The van der Waals surface area contributed by atoms with E-state index < -0.39 is 5.41 Å². The number of rotatable bonds is 2. The summed E-state index contributed by atoms with van der Waals surface area (Å²) in [6.45, 7) is 0. The lowest BCUT2D eigenvalue weighted by molar-refractivity contribution is 0.354. The van der Waals surface area contributed by atoms with Gasteiger partial charge in [0.25, 0.3) is 0 Å². The van der Waals surface area contributed by atoms with Crippen LogP contribution in [0.2, 0.25) is 0 Å². The third-order valence-corrected chi connectivity index (χ3v) is 6.99. The summed E-state index contributed by atoms with van der Waals surface area (Å²) in [5.41, 5.74) is 8.72. The first-order valence-electron chi connectivity index (χ1n) is 10.8. The normalized spacial score (nSPS) is 22.3. The molecule has 3 aliphatic carbocycles. The quantitative estimate of drug-likeness (QED) is 0.357. The summed E-state index contributed by atoms with van der Waals surface area (Å²) in [5.74, 6) is 2.19. The van der Waals surface area contributed by atoms with Crippen molar-refractivity contribution in [3.05, 3.63) is 154 Å². The Morgan fingerprint density at radius 1 is 0.548 bits per heavy atom. The zero-order valence-electron chi connectivity index (χ0n) is 17.0. The number of hydrogen-bond acceptors (Lipinski definition) is 1. The zero-order valence-corrected chi connectivity index (χ0v) is 17.0. The molecule has 0 atom stereocenters. The molecule has 8 rings (SSSR count). The minimum Gasteiger partial charge on any atom is -0.459 e. The molecule has 0 radical (unpaired) electrons. The van der Waals surface area contributed by atoms with Gasteiger partial charge in [0.05, 0.1) is 0 Å². The van der Waals surface area contributed by atoms with Crippen molar-refractivity contribution in [2.24, 2.45) is 0 Å². The smallest absolute Gasteiger partial charge is 0.131 e. The Bertz CT molecular complexity index is 1350. The van der Waals surface area contributed by atoms with Gasteiger partial charge in [-0.25, -0.2) is 0 Å². The molecule has 2 bridgehead atoms. The third kappa shape index (κ3) is 2.11. The van der Waals surface area contributed by atoms with E-state index in [1.807, 2.05) is 0 Å². The van der Waals surface area contributed by atoms with Crippen LogP contribution in [0.25, 0.3) is 11.3 Å². The number of hydrogen-bond donors (Lipinski definition) is 0. The highest BCUT2D eigenvalue weighted by molar-refractivity contribution is 5.91. The van der Waals surface area contributed by atoms with Crippen LogP contribution in [0.5, 0.6) is 0 Å². The topological polar surface area (TPSA) is 9.23 Å². The fourth-order valence-corrected chi connectivity index (χ4v) is 5.78. The van der Waals surface area contributed by atoms with E-state index in [0.29, 0.717) is 0 Å². The van der Waals surface area contributed by atoms with E-state index >= 15 is 0 Å². The Kier molecular flexibility index (Phi) is 3.32. The van der Waals surface area contributed by atoms with E-state index in [-0.39, 0.29) is 5.92 Å². The van der Waals surface area contributed by atoms with Crippen LogP contribution in [0.15, 0.2) is 121 Å². The lowest BCUT2D eigenvalue weighted by Gasteiger charge is -2.47. The molecule has 1 nitrogen and oxygen atoms in total. The standard InChI is InChI=1S/C30H20O/c1-3-11-20(12-4-1)26-19-30-24-17-9-7-15-22(24)28(23-16-8-10-18-25(23)30)27(29(30)31-26)21-13-5-2-6-14-21/h1-19,28H. The second kappa shape index (κ2) is 6.09. The van der Waals surface area contributed by atoms with Crippen LogP contribution in [0, 0.1) is 0 Å². The zero-order chi connectivity index (χ0) is 20.4. The van der Waals surface area contributed by atoms with Crippen LogP contribution < -0.4 is 0 Å². The van der Waals surface area contributed by atoms with Crippen LogP contribution in [0.3, 0.4) is 0 Å². The van der Waals surface area contributed by atoms with E-state index in [4.69, 9.17) is 4.74 Å². The van der Waals surface area contributed by atoms with Crippen molar-refractivity contribution >= 4 is 11.3 Å². The van der Waals surface area contributed by atoms with Gasteiger partial charge in [0, 0.05) is 17.1 Å². The van der Waals surface area contributed by atoms with Crippen LogP contribution >= 0.6 is 0 Å². The summed E-state index contributed by atoms with van der Waals surface area (Å²) < 4.78 is 6.80. The minimum atomic E-state index is -0.391. The van der Waals surface area contributed by atoms with Crippen molar-refractivity contribution in [2.75, 3.05) is 0 Å². The molecule has 1 heterocycles. The van der Waals surface area contributed by atoms with Crippen molar-refractivity contribution in [1.82, 2.24) is 0 Å². The van der Waals surface area contributed by atoms with Crippen molar-refractivity contribution in [2.45, 2.75) is 11.3 Å². The van der Waals surface area contributed by atoms with E-state index in [1.54, 1.807) is 0 Å². The summed E-state index contributed by atoms with van der Waals surface area (Å²) in [7, 11) is 0. The molecule has 4 aliphatic rings. The summed E-state index contributed by atoms with van der Waals surface area (Å²) in [6.07, 6.45) is 2.35. The predicted molar refractivity (Wildman–Crippen MR) is 124 cm³/mol. The van der Waals surface area contributed by atoms with Gasteiger partial charge in [0.2, 0.25) is 0 Å². The van der Waals surface area contributed by atoms with Gasteiger partial charge in [-0.2, -0.15) is 0 Å². The van der Waals surface area contributed by atoms with E-state index in [9.17, 15) is 0 Å². The number of ether oxygens (including phenoxy) is 1.